The summed E-state index contributed by atoms with van der Waals surface area (Å²) in [6.45, 7) is 5.14. The fourth-order valence-corrected chi connectivity index (χ4v) is 5.36. The second kappa shape index (κ2) is 14.9. The predicted octanol–water partition coefficient (Wildman–Crippen LogP) is 6.22. The largest absolute Gasteiger partial charge is 0.493 e. The number of carbonyl (C=O) groups is 1. The Balaban J connectivity index is 1.01. The Morgan fingerprint density at radius 2 is 1.74 bits per heavy atom. The highest BCUT2D eigenvalue weighted by Crippen LogP contribution is 2.47. The number of ether oxygens (including phenoxy) is 5. The lowest BCUT2D eigenvalue weighted by Gasteiger charge is -2.26. The Morgan fingerprint density at radius 1 is 0.957 bits per heavy atom. The fraction of sp³-hybridized carbons (Fsp3) is 0.371. The van der Waals surface area contributed by atoms with Gasteiger partial charge in [0.15, 0.2) is 23.1 Å². The second-order valence-corrected chi connectivity index (χ2v) is 11.6. The smallest absolute Gasteiger partial charge is 0.232 e. The van der Waals surface area contributed by atoms with Crippen LogP contribution in [-0.2, 0) is 14.3 Å². The Bertz CT molecular complexity index is 1680. The van der Waals surface area contributed by atoms with E-state index in [1.54, 1.807) is 37.6 Å². The van der Waals surface area contributed by atoms with Crippen molar-refractivity contribution in [2.24, 2.45) is 5.41 Å². The van der Waals surface area contributed by atoms with E-state index >= 15 is 4.39 Å². The van der Waals surface area contributed by atoms with E-state index in [1.165, 1.54) is 36.4 Å². The molecule has 0 atom stereocenters. The number of morpholine rings is 1. The van der Waals surface area contributed by atoms with Gasteiger partial charge < -0.3 is 34.3 Å². The number of fused-ring (bicyclic) bond motifs is 1. The van der Waals surface area contributed by atoms with E-state index in [9.17, 15) is 9.18 Å². The van der Waals surface area contributed by atoms with Gasteiger partial charge in [0.1, 0.15) is 18.3 Å². The third-order valence-electron chi connectivity index (χ3n) is 8.31. The maximum absolute atomic E-state index is 15.1. The van der Waals surface area contributed by atoms with Crippen molar-refractivity contribution in [3.05, 3.63) is 78.5 Å². The number of methoxy groups -OCH3 is 1. The molecule has 248 valence electrons. The number of nitrogens with one attached hydrogen (secondary N) is 2. The molecule has 1 amide bonds. The standard InChI is InChI=1S/C35H38F2N4O6/c1-43-32-20-27-29(21-33(32)46-16-2-13-41-14-17-44-18-15-41)38-12-9-30(27)47-31-8-7-26(19-28(31)37)39-23-45-22-35(10-11-35)34(42)40-25-5-3-24(36)4-6-25/h3-9,12,19-21,39H,2,10-11,13-18,22-23H2,1H3,(H,40,42). The van der Waals surface area contributed by atoms with E-state index in [-0.39, 0.29) is 30.8 Å². The molecule has 0 unspecified atom stereocenters. The van der Waals surface area contributed by atoms with E-state index in [1.807, 2.05) is 0 Å². The van der Waals surface area contributed by atoms with Gasteiger partial charge in [-0.2, -0.15) is 0 Å². The molecule has 3 aromatic carbocycles. The normalized spacial score (nSPS) is 15.6. The van der Waals surface area contributed by atoms with Gasteiger partial charge in [-0.1, -0.05) is 0 Å². The van der Waals surface area contributed by atoms with Crippen molar-refractivity contribution >= 4 is 28.2 Å². The number of hydrogen-bond acceptors (Lipinski definition) is 9. The maximum atomic E-state index is 15.1. The van der Waals surface area contributed by atoms with Gasteiger partial charge >= 0.3 is 0 Å². The van der Waals surface area contributed by atoms with Gasteiger partial charge in [-0.05, 0) is 67.8 Å². The summed E-state index contributed by atoms with van der Waals surface area (Å²) < 4.78 is 57.1. The Morgan fingerprint density at radius 3 is 2.49 bits per heavy atom. The molecular weight excluding hydrogens is 610 g/mol. The van der Waals surface area contributed by atoms with E-state index in [2.05, 4.69) is 20.5 Å². The highest BCUT2D eigenvalue weighted by molar-refractivity contribution is 5.97. The van der Waals surface area contributed by atoms with E-state index < -0.39 is 11.2 Å². The van der Waals surface area contributed by atoms with Gasteiger partial charge in [-0.15, -0.1) is 0 Å². The average Bonchev–Trinajstić information content (AvgIpc) is 3.89. The van der Waals surface area contributed by atoms with Gasteiger partial charge in [0.05, 0.1) is 44.5 Å². The quantitative estimate of drug-likeness (QED) is 0.115. The number of anilines is 2. The zero-order valence-corrected chi connectivity index (χ0v) is 26.2. The molecule has 2 heterocycles. The predicted molar refractivity (Wildman–Crippen MR) is 173 cm³/mol. The van der Waals surface area contributed by atoms with Crippen LogP contribution in [0.15, 0.2) is 66.9 Å². The molecule has 1 aliphatic heterocycles. The first-order chi connectivity index (χ1) is 22.9. The second-order valence-electron chi connectivity index (χ2n) is 11.6. The fourth-order valence-electron chi connectivity index (χ4n) is 5.36. The number of pyridine rings is 1. The number of halogens is 2. The minimum absolute atomic E-state index is 0.0424. The van der Waals surface area contributed by atoms with Crippen LogP contribution in [0.4, 0.5) is 20.2 Å². The lowest BCUT2D eigenvalue weighted by Crippen LogP contribution is -2.37. The first-order valence-corrected chi connectivity index (χ1v) is 15.7. The van der Waals surface area contributed by atoms with Crippen molar-refractivity contribution in [3.63, 3.8) is 0 Å². The third kappa shape index (κ3) is 8.26. The molecule has 2 N–H and O–H groups in total. The first-order valence-electron chi connectivity index (χ1n) is 15.7. The Hall–Kier alpha value is -4.52. The minimum Gasteiger partial charge on any atom is -0.493 e. The molecule has 0 spiro atoms. The van der Waals surface area contributed by atoms with Crippen molar-refractivity contribution in [2.75, 3.05) is 70.5 Å². The highest BCUT2D eigenvalue weighted by Gasteiger charge is 2.50. The van der Waals surface area contributed by atoms with Crippen LogP contribution in [0.5, 0.6) is 23.0 Å². The van der Waals surface area contributed by atoms with Crippen LogP contribution >= 0.6 is 0 Å². The number of hydrogen-bond donors (Lipinski definition) is 2. The molecule has 10 nitrogen and oxygen atoms in total. The topological polar surface area (TPSA) is 103 Å². The number of rotatable bonds is 15. The van der Waals surface area contributed by atoms with Crippen LogP contribution < -0.4 is 24.8 Å². The maximum Gasteiger partial charge on any atom is 0.232 e. The van der Waals surface area contributed by atoms with Crippen molar-refractivity contribution in [1.82, 2.24) is 9.88 Å². The van der Waals surface area contributed by atoms with Crippen molar-refractivity contribution < 1.29 is 37.3 Å². The molecular formula is C35H38F2N4O6. The number of carbonyl (C=O) groups excluding carboxylic acids is 1. The van der Waals surface area contributed by atoms with Crippen LogP contribution in [0, 0.1) is 17.0 Å². The molecule has 0 bridgehead atoms. The zero-order valence-electron chi connectivity index (χ0n) is 26.2. The Labute approximate surface area is 271 Å². The third-order valence-corrected chi connectivity index (χ3v) is 8.31. The van der Waals surface area contributed by atoms with E-state index in [0.717, 1.165) is 39.3 Å². The van der Waals surface area contributed by atoms with Gasteiger partial charge in [0.2, 0.25) is 5.91 Å². The molecule has 1 aromatic heterocycles. The van der Waals surface area contributed by atoms with Crippen LogP contribution in [0.3, 0.4) is 0 Å². The number of aromatic nitrogens is 1. The lowest BCUT2D eigenvalue weighted by molar-refractivity contribution is -0.123. The molecule has 47 heavy (non-hydrogen) atoms. The molecule has 4 aromatic rings. The number of amides is 1. The van der Waals surface area contributed by atoms with Crippen molar-refractivity contribution in [3.8, 4) is 23.0 Å². The Kier molecular flexibility index (Phi) is 10.3. The van der Waals surface area contributed by atoms with Crippen molar-refractivity contribution in [1.29, 1.82) is 0 Å². The summed E-state index contributed by atoms with van der Waals surface area (Å²) >= 11 is 0. The van der Waals surface area contributed by atoms with E-state index in [0.29, 0.717) is 59.0 Å². The van der Waals surface area contributed by atoms with Crippen molar-refractivity contribution in [2.45, 2.75) is 19.3 Å². The van der Waals surface area contributed by atoms with Gasteiger partial charge in [0, 0.05) is 54.7 Å². The molecule has 1 aliphatic carbocycles. The molecule has 1 saturated carbocycles. The first kappa shape index (κ1) is 32.4. The zero-order chi connectivity index (χ0) is 32.6. The van der Waals surface area contributed by atoms with Crippen LogP contribution in [0.25, 0.3) is 10.9 Å². The molecule has 6 rings (SSSR count). The molecule has 0 radical (unpaired) electrons. The highest BCUT2D eigenvalue weighted by atomic mass is 19.1. The average molecular weight is 649 g/mol. The minimum atomic E-state index is -0.620. The van der Waals surface area contributed by atoms with E-state index in [4.69, 9.17) is 23.7 Å². The van der Waals surface area contributed by atoms with Gasteiger partial charge in [-0.3, -0.25) is 14.7 Å². The SMILES string of the molecule is COc1cc2c(Oc3ccc(NCOCC4(C(=O)Nc5ccc(F)cc5)CC4)cc3F)ccnc2cc1OCCCN1CCOCC1. The summed E-state index contributed by atoms with van der Waals surface area (Å²) in [5.74, 6) is 0.473. The van der Waals surface area contributed by atoms with Crippen LogP contribution in [-0.4, -0.2) is 75.7 Å². The summed E-state index contributed by atoms with van der Waals surface area (Å²) in [5, 5.41) is 6.49. The molecule has 1 saturated heterocycles. The monoisotopic (exact) mass is 648 g/mol. The summed E-state index contributed by atoms with van der Waals surface area (Å²) in [7, 11) is 1.57. The number of nitrogens with zero attached hydrogens (tertiary/aromatic N) is 2. The number of benzene rings is 3. The van der Waals surface area contributed by atoms with Gasteiger partial charge in [-0.25, -0.2) is 8.78 Å². The lowest BCUT2D eigenvalue weighted by atomic mass is 10.1. The van der Waals surface area contributed by atoms with Crippen LogP contribution in [0.1, 0.15) is 19.3 Å². The molecule has 2 aliphatic rings. The summed E-state index contributed by atoms with van der Waals surface area (Å²) in [6, 6.07) is 15.4. The summed E-state index contributed by atoms with van der Waals surface area (Å²) in [5.41, 5.74) is 1.03. The summed E-state index contributed by atoms with van der Waals surface area (Å²) in [4.78, 5) is 19.5. The molecule has 12 heteroatoms. The van der Waals surface area contributed by atoms with Gasteiger partial charge in [0.25, 0.3) is 0 Å². The molecule has 2 fully saturated rings. The summed E-state index contributed by atoms with van der Waals surface area (Å²) in [6.07, 6.45) is 3.86. The van der Waals surface area contributed by atoms with Crippen LogP contribution in [0.2, 0.25) is 0 Å².